The van der Waals surface area contributed by atoms with E-state index in [1.807, 2.05) is 0 Å². The van der Waals surface area contributed by atoms with Crippen LogP contribution in [0.2, 0.25) is 0 Å². The van der Waals surface area contributed by atoms with Gasteiger partial charge < -0.3 is 14.6 Å². The molecule has 0 spiro atoms. The number of para-hydroxylation sites is 2. The fourth-order valence-electron chi connectivity index (χ4n) is 2.79. The standard InChI is InChI=1S/C19H14BrF3N2O5/c20-12-5-6-15(29-10-17(26)27)13(7-12)18(28)11-8-24-25(9-11)14-3-1-2-4-16(14)30-19(21,22)23/h1-8,11H,9-10H2,(H,26,27). The van der Waals surface area contributed by atoms with Crippen LogP contribution in [0.25, 0.3) is 0 Å². The molecule has 1 aliphatic heterocycles. The highest BCUT2D eigenvalue weighted by atomic mass is 79.9. The number of aliphatic carboxylic acids is 1. The van der Waals surface area contributed by atoms with Crippen molar-refractivity contribution in [2.24, 2.45) is 11.0 Å². The van der Waals surface area contributed by atoms with E-state index in [9.17, 15) is 22.8 Å². The maximum absolute atomic E-state index is 13.0. The normalized spacial score (nSPS) is 15.9. The summed E-state index contributed by atoms with van der Waals surface area (Å²) < 4.78 is 47.7. The van der Waals surface area contributed by atoms with E-state index in [1.165, 1.54) is 41.6 Å². The minimum Gasteiger partial charge on any atom is -0.481 e. The number of alkyl halides is 3. The van der Waals surface area contributed by atoms with Gasteiger partial charge in [0.15, 0.2) is 18.1 Å². The molecule has 158 valence electrons. The zero-order valence-corrected chi connectivity index (χ0v) is 16.7. The second-order valence-electron chi connectivity index (χ2n) is 6.16. The second-order valence-corrected chi connectivity index (χ2v) is 7.07. The molecule has 30 heavy (non-hydrogen) atoms. The third-order valence-electron chi connectivity index (χ3n) is 4.02. The number of hydrazone groups is 1. The minimum absolute atomic E-state index is 0.0258. The summed E-state index contributed by atoms with van der Waals surface area (Å²) in [6.07, 6.45) is -3.56. The number of carbonyl (C=O) groups excluding carboxylic acids is 1. The van der Waals surface area contributed by atoms with E-state index in [2.05, 4.69) is 25.8 Å². The van der Waals surface area contributed by atoms with Gasteiger partial charge in [0, 0.05) is 10.7 Å². The first-order valence-electron chi connectivity index (χ1n) is 8.49. The number of benzene rings is 2. The molecular weight excluding hydrogens is 473 g/mol. The quantitative estimate of drug-likeness (QED) is 0.592. The van der Waals surface area contributed by atoms with Crippen LogP contribution in [0.15, 0.2) is 52.0 Å². The van der Waals surface area contributed by atoms with Gasteiger partial charge in [-0.25, -0.2) is 4.79 Å². The van der Waals surface area contributed by atoms with E-state index in [1.54, 1.807) is 6.07 Å². The van der Waals surface area contributed by atoms with Crippen LogP contribution in [0.4, 0.5) is 18.9 Å². The molecule has 0 amide bonds. The number of rotatable bonds is 7. The third kappa shape index (κ3) is 5.29. The van der Waals surface area contributed by atoms with Crippen LogP contribution >= 0.6 is 15.9 Å². The van der Waals surface area contributed by atoms with Crippen molar-refractivity contribution in [3.05, 3.63) is 52.5 Å². The number of carboxylic acid groups (broad SMARTS) is 1. The number of ketones is 1. The van der Waals surface area contributed by atoms with Crippen molar-refractivity contribution in [2.75, 3.05) is 18.2 Å². The highest BCUT2D eigenvalue weighted by Crippen LogP contribution is 2.35. The highest BCUT2D eigenvalue weighted by molar-refractivity contribution is 9.10. The molecule has 1 heterocycles. The lowest BCUT2D eigenvalue weighted by atomic mass is 9.98. The lowest BCUT2D eigenvalue weighted by Gasteiger charge is -2.20. The van der Waals surface area contributed by atoms with Gasteiger partial charge in [-0.05, 0) is 30.3 Å². The van der Waals surface area contributed by atoms with Crippen LogP contribution in [0.5, 0.6) is 11.5 Å². The van der Waals surface area contributed by atoms with Gasteiger partial charge in [-0.15, -0.1) is 13.2 Å². The average Bonchev–Trinajstić information content (AvgIpc) is 3.15. The van der Waals surface area contributed by atoms with E-state index in [4.69, 9.17) is 9.84 Å². The first-order valence-corrected chi connectivity index (χ1v) is 9.28. The van der Waals surface area contributed by atoms with Gasteiger partial charge in [0.2, 0.25) is 0 Å². The molecule has 0 radical (unpaired) electrons. The molecule has 0 aliphatic carbocycles. The molecule has 2 aromatic rings. The van der Waals surface area contributed by atoms with Crippen molar-refractivity contribution in [1.29, 1.82) is 0 Å². The number of carbonyl (C=O) groups is 2. The molecule has 3 rings (SSSR count). The van der Waals surface area contributed by atoms with E-state index >= 15 is 0 Å². The van der Waals surface area contributed by atoms with Crippen molar-refractivity contribution in [1.82, 2.24) is 0 Å². The number of Topliss-reactive ketones (excluding diaryl/α,β-unsaturated/α-hetero) is 1. The number of ether oxygens (including phenoxy) is 2. The SMILES string of the molecule is O=C(O)COc1ccc(Br)cc1C(=O)C1C=NN(c2ccccc2OC(F)(F)F)C1. The van der Waals surface area contributed by atoms with Crippen LogP contribution in [0.3, 0.4) is 0 Å². The second kappa shape index (κ2) is 8.74. The summed E-state index contributed by atoms with van der Waals surface area (Å²) in [5.74, 6) is -2.77. The average molecular weight is 487 g/mol. The van der Waals surface area contributed by atoms with Crippen molar-refractivity contribution < 1.29 is 37.3 Å². The Balaban J connectivity index is 1.80. The fraction of sp³-hybridized carbons (Fsp3) is 0.211. The topological polar surface area (TPSA) is 88.4 Å². The molecule has 7 nitrogen and oxygen atoms in total. The van der Waals surface area contributed by atoms with Crippen LogP contribution < -0.4 is 14.5 Å². The molecule has 1 unspecified atom stereocenters. The summed E-state index contributed by atoms with van der Waals surface area (Å²) in [5.41, 5.74) is 0.182. The summed E-state index contributed by atoms with van der Waals surface area (Å²) in [5, 5.41) is 14.1. The molecule has 0 fully saturated rings. The molecule has 0 saturated heterocycles. The van der Waals surface area contributed by atoms with Gasteiger partial charge in [0.1, 0.15) is 11.4 Å². The first kappa shape index (κ1) is 21.6. The molecule has 0 bridgehead atoms. The van der Waals surface area contributed by atoms with Gasteiger partial charge in [-0.2, -0.15) is 5.10 Å². The van der Waals surface area contributed by atoms with Crippen LogP contribution in [0, 0.1) is 5.92 Å². The zero-order valence-electron chi connectivity index (χ0n) is 15.1. The highest BCUT2D eigenvalue weighted by Gasteiger charge is 2.34. The van der Waals surface area contributed by atoms with Gasteiger partial charge in [0.05, 0.1) is 18.0 Å². The van der Waals surface area contributed by atoms with E-state index in [0.717, 1.165) is 6.07 Å². The van der Waals surface area contributed by atoms with E-state index < -0.39 is 36.4 Å². The molecule has 0 saturated carbocycles. The molecule has 1 atom stereocenters. The van der Waals surface area contributed by atoms with Gasteiger partial charge in [0.25, 0.3) is 0 Å². The Hall–Kier alpha value is -3.08. The van der Waals surface area contributed by atoms with E-state index in [-0.39, 0.29) is 23.5 Å². The van der Waals surface area contributed by atoms with Crippen molar-refractivity contribution in [3.8, 4) is 11.5 Å². The summed E-state index contributed by atoms with van der Waals surface area (Å²) in [6.45, 7) is -0.656. The van der Waals surface area contributed by atoms with Crippen molar-refractivity contribution in [3.63, 3.8) is 0 Å². The predicted octanol–water partition coefficient (Wildman–Crippen LogP) is 4.12. The van der Waals surface area contributed by atoms with Gasteiger partial charge in [-0.1, -0.05) is 28.1 Å². The molecule has 11 heteroatoms. The fourth-order valence-corrected chi connectivity index (χ4v) is 3.16. The number of nitrogens with zero attached hydrogens (tertiary/aromatic N) is 2. The lowest BCUT2D eigenvalue weighted by molar-refractivity contribution is -0.274. The van der Waals surface area contributed by atoms with Crippen molar-refractivity contribution >= 4 is 39.6 Å². The first-order chi connectivity index (χ1) is 14.1. The Morgan fingerprint density at radius 2 is 1.93 bits per heavy atom. The summed E-state index contributed by atoms with van der Waals surface area (Å²) in [6, 6.07) is 9.99. The van der Waals surface area contributed by atoms with Crippen LogP contribution in [0.1, 0.15) is 10.4 Å². The Bertz CT molecular complexity index is 996. The Kier molecular flexibility index (Phi) is 6.30. The molecule has 1 N–H and O–H groups in total. The number of halogens is 4. The van der Waals surface area contributed by atoms with Gasteiger partial charge in [-0.3, -0.25) is 9.80 Å². The number of hydrogen-bond acceptors (Lipinski definition) is 6. The Morgan fingerprint density at radius 3 is 2.63 bits per heavy atom. The number of anilines is 1. The maximum Gasteiger partial charge on any atom is 0.573 e. The van der Waals surface area contributed by atoms with E-state index in [0.29, 0.717) is 4.47 Å². The number of carboxylic acids is 1. The Morgan fingerprint density at radius 1 is 1.20 bits per heavy atom. The van der Waals surface area contributed by atoms with Gasteiger partial charge >= 0.3 is 12.3 Å². The summed E-state index contributed by atoms with van der Waals surface area (Å²) >= 11 is 3.25. The summed E-state index contributed by atoms with van der Waals surface area (Å²) in [4.78, 5) is 23.7. The van der Waals surface area contributed by atoms with Crippen LogP contribution in [-0.2, 0) is 4.79 Å². The molecule has 2 aromatic carbocycles. The smallest absolute Gasteiger partial charge is 0.481 e. The summed E-state index contributed by atoms with van der Waals surface area (Å²) in [7, 11) is 0. The van der Waals surface area contributed by atoms with Crippen molar-refractivity contribution in [2.45, 2.75) is 6.36 Å². The largest absolute Gasteiger partial charge is 0.573 e. The lowest BCUT2D eigenvalue weighted by Crippen LogP contribution is -2.26. The maximum atomic E-state index is 13.0. The third-order valence-corrected chi connectivity index (χ3v) is 4.51. The van der Waals surface area contributed by atoms with Crippen LogP contribution in [-0.4, -0.2) is 42.6 Å². The minimum atomic E-state index is -4.87. The number of hydrogen-bond donors (Lipinski definition) is 1. The molecule has 1 aliphatic rings. The zero-order chi connectivity index (χ0) is 21.9. The molecule has 0 aromatic heterocycles. The predicted molar refractivity (Wildman–Crippen MR) is 104 cm³/mol. The molecular formula is C19H14BrF3N2O5. The monoisotopic (exact) mass is 486 g/mol. The Labute approximate surface area is 176 Å².